The highest BCUT2D eigenvalue weighted by Crippen LogP contribution is 2.33. The van der Waals surface area contributed by atoms with Crippen LogP contribution in [0.1, 0.15) is 53.8 Å². The number of amides is 2. The molecule has 2 atom stereocenters. The number of pyridine rings is 1. The van der Waals surface area contributed by atoms with E-state index in [0.29, 0.717) is 45.4 Å². The number of carbonyl (C=O) groups excluding carboxylic acids is 2. The van der Waals surface area contributed by atoms with Gasteiger partial charge in [-0.25, -0.2) is 15.0 Å². The normalized spacial score (nSPS) is 16.4. The molecule has 10 nitrogen and oxygen atoms in total. The van der Waals surface area contributed by atoms with E-state index in [1.807, 2.05) is 12.1 Å². The van der Waals surface area contributed by atoms with Gasteiger partial charge in [-0.2, -0.15) is 0 Å². The summed E-state index contributed by atoms with van der Waals surface area (Å²) in [6, 6.07) is 9.45. The van der Waals surface area contributed by atoms with Crippen LogP contribution in [0.4, 0.5) is 5.95 Å². The lowest BCUT2D eigenvalue weighted by atomic mass is 9.93. The first-order valence-corrected chi connectivity index (χ1v) is 12.9. The van der Waals surface area contributed by atoms with Crippen molar-refractivity contribution in [1.29, 1.82) is 0 Å². The van der Waals surface area contributed by atoms with Crippen LogP contribution < -0.4 is 15.4 Å². The van der Waals surface area contributed by atoms with Gasteiger partial charge in [0.2, 0.25) is 17.7 Å². The number of rotatable bonds is 9. The number of nitrogens with one attached hydrogen (secondary N) is 2. The minimum absolute atomic E-state index is 0.262. The fraction of sp³-hybridized carbons (Fsp3) is 0.370. The lowest BCUT2D eigenvalue weighted by molar-refractivity contribution is -0.126. The molecule has 2 aromatic heterocycles. The summed E-state index contributed by atoms with van der Waals surface area (Å²) in [6.45, 7) is 1.59. The lowest BCUT2D eigenvalue weighted by Gasteiger charge is -2.26. The van der Waals surface area contributed by atoms with Crippen LogP contribution in [0.5, 0.6) is 5.88 Å². The van der Waals surface area contributed by atoms with Crippen LogP contribution >= 0.6 is 11.6 Å². The molecule has 0 spiro atoms. The maximum absolute atomic E-state index is 13.4. The number of carbonyl (C=O) groups is 2. The monoisotopic (exact) mass is 536 g/mol. The van der Waals surface area contributed by atoms with Crippen molar-refractivity contribution >= 4 is 29.4 Å². The molecule has 1 fully saturated rings. The summed E-state index contributed by atoms with van der Waals surface area (Å²) in [5.74, 6) is 0.221. The van der Waals surface area contributed by atoms with Gasteiger partial charge in [0.25, 0.3) is 5.91 Å². The molecule has 0 saturated heterocycles. The fourth-order valence-corrected chi connectivity index (χ4v) is 4.74. The first kappa shape index (κ1) is 25.9. The number of ether oxygens (including phenoxy) is 1. The zero-order valence-corrected chi connectivity index (χ0v) is 21.9. The van der Waals surface area contributed by atoms with E-state index in [1.165, 1.54) is 18.4 Å². The molecule has 0 radical (unpaired) electrons. The first-order chi connectivity index (χ1) is 18.4. The topological polar surface area (TPSA) is 130 Å². The van der Waals surface area contributed by atoms with Crippen molar-refractivity contribution in [3.05, 3.63) is 64.4 Å². The summed E-state index contributed by atoms with van der Waals surface area (Å²) >= 11 is 6.42. The molecule has 5 rings (SSSR count). The van der Waals surface area contributed by atoms with Crippen LogP contribution in [0.3, 0.4) is 0 Å². The third-order valence-corrected chi connectivity index (χ3v) is 7.33. The van der Waals surface area contributed by atoms with Crippen LogP contribution in [0, 0.1) is 0 Å². The minimum Gasteiger partial charge on any atom is -0.481 e. The van der Waals surface area contributed by atoms with Gasteiger partial charge in [-0.1, -0.05) is 29.8 Å². The predicted octanol–water partition coefficient (Wildman–Crippen LogP) is 3.36. The Morgan fingerprint density at radius 2 is 2.08 bits per heavy atom. The number of halogens is 1. The second kappa shape index (κ2) is 10.9. The molecular weight excluding hydrogens is 508 g/mol. The van der Waals surface area contributed by atoms with Gasteiger partial charge in [0.05, 0.1) is 42.4 Å². The molecule has 38 heavy (non-hydrogen) atoms. The number of hydrogen-bond acceptors (Lipinski definition) is 8. The number of nitrogens with zero attached hydrogens (tertiary/aromatic N) is 4. The minimum atomic E-state index is -0.779. The van der Waals surface area contributed by atoms with E-state index in [4.69, 9.17) is 16.3 Å². The van der Waals surface area contributed by atoms with Crippen molar-refractivity contribution in [2.24, 2.45) is 0 Å². The van der Waals surface area contributed by atoms with E-state index in [0.717, 1.165) is 18.4 Å². The zero-order chi connectivity index (χ0) is 26.8. The Hall–Kier alpha value is -3.76. The van der Waals surface area contributed by atoms with Crippen molar-refractivity contribution in [2.75, 3.05) is 19.0 Å². The van der Waals surface area contributed by atoms with Crippen molar-refractivity contribution in [3.8, 4) is 17.1 Å². The van der Waals surface area contributed by atoms with Gasteiger partial charge in [0, 0.05) is 29.8 Å². The SMILES string of the molecule is COc1cccc([C@@H](CO)NC(=O)[C@@H](C)N2Cc3ccc(-c4nc(NC5CCC5)ncc4Cl)cc3C2=O)n1. The Balaban J connectivity index is 1.31. The average Bonchev–Trinajstić information content (AvgIpc) is 3.25. The number of hydrogen-bond donors (Lipinski definition) is 3. The maximum Gasteiger partial charge on any atom is 0.255 e. The second-order valence-corrected chi connectivity index (χ2v) is 9.90. The van der Waals surface area contributed by atoms with Gasteiger partial charge in [0.1, 0.15) is 6.04 Å². The van der Waals surface area contributed by atoms with E-state index in [-0.39, 0.29) is 19.1 Å². The van der Waals surface area contributed by atoms with Crippen LogP contribution in [0.25, 0.3) is 11.3 Å². The molecule has 1 aliphatic carbocycles. The standard InChI is InChI=1S/C27H29ClN6O4/c1-15(25(36)32-22(14-35)21-7-4-8-23(31-21)38-2)34-13-17-10-9-16(11-19(17)26(34)37)24-20(28)12-29-27(33-24)30-18-5-3-6-18/h4,7-12,15,18,22,35H,3,5-6,13-14H2,1-2H3,(H,32,36)(H,29,30,33)/t15-,22-/m1/s1. The summed E-state index contributed by atoms with van der Waals surface area (Å²) in [6.07, 6.45) is 4.93. The fourth-order valence-electron chi connectivity index (χ4n) is 4.54. The van der Waals surface area contributed by atoms with E-state index in [2.05, 4.69) is 25.6 Å². The zero-order valence-electron chi connectivity index (χ0n) is 21.1. The molecule has 1 aromatic carbocycles. The highest BCUT2D eigenvalue weighted by Gasteiger charge is 2.35. The number of anilines is 1. The molecule has 0 unspecified atom stereocenters. The highest BCUT2D eigenvalue weighted by atomic mass is 35.5. The molecule has 2 amide bonds. The van der Waals surface area contributed by atoms with E-state index in [1.54, 1.807) is 37.4 Å². The molecule has 2 aliphatic rings. The van der Waals surface area contributed by atoms with Gasteiger partial charge in [-0.05, 0) is 43.9 Å². The van der Waals surface area contributed by atoms with Gasteiger partial charge >= 0.3 is 0 Å². The van der Waals surface area contributed by atoms with Crippen molar-refractivity contribution < 1.29 is 19.4 Å². The van der Waals surface area contributed by atoms with E-state index < -0.39 is 18.0 Å². The third kappa shape index (κ3) is 5.14. The van der Waals surface area contributed by atoms with Gasteiger partial charge in [-0.3, -0.25) is 9.59 Å². The Bertz CT molecular complexity index is 1370. The van der Waals surface area contributed by atoms with Gasteiger partial charge < -0.3 is 25.4 Å². The summed E-state index contributed by atoms with van der Waals surface area (Å²) < 4.78 is 5.14. The molecular formula is C27H29ClN6O4. The maximum atomic E-state index is 13.4. The highest BCUT2D eigenvalue weighted by molar-refractivity contribution is 6.33. The molecule has 0 bridgehead atoms. The Morgan fingerprint density at radius 1 is 1.26 bits per heavy atom. The van der Waals surface area contributed by atoms with Gasteiger partial charge in [-0.15, -0.1) is 0 Å². The first-order valence-electron chi connectivity index (χ1n) is 12.5. The third-order valence-electron chi connectivity index (χ3n) is 7.06. The molecule has 11 heteroatoms. The number of fused-ring (bicyclic) bond motifs is 1. The van der Waals surface area contributed by atoms with E-state index >= 15 is 0 Å². The Morgan fingerprint density at radius 3 is 2.79 bits per heavy atom. The molecule has 198 valence electrons. The number of aliphatic hydroxyl groups excluding tert-OH is 1. The van der Waals surface area contributed by atoms with Crippen molar-refractivity contribution in [2.45, 2.75) is 50.9 Å². The summed E-state index contributed by atoms with van der Waals surface area (Å²) in [7, 11) is 1.49. The van der Waals surface area contributed by atoms with Crippen LogP contribution in [0.2, 0.25) is 5.02 Å². The van der Waals surface area contributed by atoms with Crippen LogP contribution in [0.15, 0.2) is 42.6 Å². The number of aliphatic hydroxyl groups is 1. The number of methoxy groups -OCH3 is 1. The van der Waals surface area contributed by atoms with Crippen LogP contribution in [-0.2, 0) is 11.3 Å². The van der Waals surface area contributed by atoms with Gasteiger partial charge in [0.15, 0.2) is 0 Å². The molecule has 3 heterocycles. The largest absolute Gasteiger partial charge is 0.481 e. The lowest BCUT2D eigenvalue weighted by Crippen LogP contribution is -2.46. The van der Waals surface area contributed by atoms with Crippen molar-refractivity contribution in [3.63, 3.8) is 0 Å². The predicted molar refractivity (Wildman–Crippen MR) is 142 cm³/mol. The van der Waals surface area contributed by atoms with E-state index in [9.17, 15) is 14.7 Å². The summed E-state index contributed by atoms with van der Waals surface area (Å²) in [4.78, 5) is 41.1. The average molecular weight is 537 g/mol. The Kier molecular flexibility index (Phi) is 7.44. The number of aromatic nitrogens is 3. The molecule has 1 aliphatic heterocycles. The molecule has 3 aromatic rings. The number of benzene rings is 1. The smallest absolute Gasteiger partial charge is 0.255 e. The quantitative estimate of drug-likeness (QED) is 0.379. The molecule has 1 saturated carbocycles. The summed E-state index contributed by atoms with van der Waals surface area (Å²) in [5, 5.41) is 16.4. The molecule has 3 N–H and O–H groups in total. The van der Waals surface area contributed by atoms with Crippen molar-refractivity contribution in [1.82, 2.24) is 25.2 Å². The van der Waals surface area contributed by atoms with Crippen LogP contribution in [-0.4, -0.2) is 62.6 Å². The Labute approximate surface area is 225 Å². The second-order valence-electron chi connectivity index (χ2n) is 9.49. The summed E-state index contributed by atoms with van der Waals surface area (Å²) in [5.41, 5.74) is 3.01.